The van der Waals surface area contributed by atoms with Gasteiger partial charge >= 0.3 is 6.18 Å². The van der Waals surface area contributed by atoms with Crippen LogP contribution in [0.15, 0.2) is 24.3 Å². The molecule has 1 aliphatic rings. The van der Waals surface area contributed by atoms with Crippen LogP contribution in [0.2, 0.25) is 0 Å². The molecule has 22 heavy (non-hydrogen) atoms. The summed E-state index contributed by atoms with van der Waals surface area (Å²) in [6, 6.07) is 4.65. The number of hydrogen-bond donors (Lipinski definition) is 1. The molecule has 0 radical (unpaired) electrons. The Labute approximate surface area is 128 Å². The van der Waals surface area contributed by atoms with Crippen molar-refractivity contribution in [2.24, 2.45) is 0 Å². The molecule has 0 bridgehead atoms. The number of alkyl halides is 3. The van der Waals surface area contributed by atoms with Gasteiger partial charge in [0.1, 0.15) is 0 Å². The van der Waals surface area contributed by atoms with Crippen molar-refractivity contribution in [1.82, 2.24) is 10.2 Å². The minimum absolute atomic E-state index is 0.0403. The third-order valence-corrected chi connectivity index (χ3v) is 4.18. The van der Waals surface area contributed by atoms with Gasteiger partial charge in [0, 0.05) is 17.6 Å². The van der Waals surface area contributed by atoms with Gasteiger partial charge in [0.05, 0.1) is 5.56 Å². The molecule has 0 spiro atoms. The van der Waals surface area contributed by atoms with Crippen molar-refractivity contribution in [2.75, 3.05) is 14.1 Å². The van der Waals surface area contributed by atoms with Gasteiger partial charge in [-0.15, -0.1) is 0 Å². The summed E-state index contributed by atoms with van der Waals surface area (Å²) in [7, 11) is 3.96. The molecule has 2 rings (SSSR count). The average Bonchev–Trinajstić information content (AvgIpc) is 2.46. The minimum Gasteiger partial charge on any atom is -0.348 e. The Kier molecular flexibility index (Phi) is 5.11. The standard InChI is InChI=1S/C16H21F3N2O/c1-21(2)14-6-4-3-5-13(14)20-15(22)11-7-9-12(10-8-11)16(17,18)19/h7-10,13-14H,3-6H2,1-2H3,(H,20,22). The molecule has 1 N–H and O–H groups in total. The summed E-state index contributed by atoms with van der Waals surface area (Å²) in [6.07, 6.45) is -0.271. The van der Waals surface area contributed by atoms with Crippen LogP contribution in [0.25, 0.3) is 0 Å². The molecule has 1 aliphatic carbocycles. The molecule has 0 aliphatic heterocycles. The SMILES string of the molecule is CN(C)C1CCCCC1NC(=O)c1ccc(C(F)(F)F)cc1. The zero-order valence-corrected chi connectivity index (χ0v) is 12.8. The van der Waals surface area contributed by atoms with Gasteiger partial charge in [-0.3, -0.25) is 4.79 Å². The largest absolute Gasteiger partial charge is 0.416 e. The molecule has 1 amide bonds. The highest BCUT2D eigenvalue weighted by molar-refractivity contribution is 5.94. The van der Waals surface area contributed by atoms with Gasteiger partial charge in [0.2, 0.25) is 0 Å². The summed E-state index contributed by atoms with van der Waals surface area (Å²) in [5, 5.41) is 2.96. The van der Waals surface area contributed by atoms with Crippen molar-refractivity contribution in [3.8, 4) is 0 Å². The molecule has 0 saturated heterocycles. The summed E-state index contributed by atoms with van der Waals surface area (Å²) in [6.45, 7) is 0. The third kappa shape index (κ3) is 4.00. The monoisotopic (exact) mass is 314 g/mol. The summed E-state index contributed by atoms with van der Waals surface area (Å²) in [5.74, 6) is -0.313. The van der Waals surface area contributed by atoms with Crippen LogP contribution >= 0.6 is 0 Å². The van der Waals surface area contributed by atoms with Gasteiger partial charge in [0.25, 0.3) is 5.91 Å². The number of halogens is 3. The molecule has 1 aromatic rings. The Morgan fingerprint density at radius 1 is 1.14 bits per heavy atom. The van der Waals surface area contributed by atoms with Gasteiger partial charge in [0.15, 0.2) is 0 Å². The Morgan fingerprint density at radius 3 is 2.27 bits per heavy atom. The van der Waals surface area contributed by atoms with E-state index in [9.17, 15) is 18.0 Å². The number of nitrogens with one attached hydrogen (secondary N) is 1. The quantitative estimate of drug-likeness (QED) is 0.928. The van der Waals surface area contributed by atoms with Gasteiger partial charge in [-0.05, 0) is 51.2 Å². The van der Waals surface area contributed by atoms with Crippen LogP contribution in [0.4, 0.5) is 13.2 Å². The van der Waals surface area contributed by atoms with Crippen molar-refractivity contribution in [2.45, 2.75) is 43.9 Å². The maximum Gasteiger partial charge on any atom is 0.416 e. The lowest BCUT2D eigenvalue weighted by Crippen LogP contribution is -2.51. The number of nitrogens with zero attached hydrogens (tertiary/aromatic N) is 1. The van der Waals surface area contributed by atoms with E-state index in [0.29, 0.717) is 0 Å². The minimum atomic E-state index is -4.38. The molecule has 0 aromatic heterocycles. The number of benzene rings is 1. The molecule has 1 fully saturated rings. The van der Waals surface area contributed by atoms with E-state index >= 15 is 0 Å². The number of rotatable bonds is 3. The van der Waals surface area contributed by atoms with E-state index in [0.717, 1.165) is 37.8 Å². The van der Waals surface area contributed by atoms with Crippen molar-refractivity contribution in [3.05, 3.63) is 35.4 Å². The molecule has 122 valence electrons. The second-order valence-corrected chi connectivity index (χ2v) is 5.97. The topological polar surface area (TPSA) is 32.3 Å². The number of hydrogen-bond acceptors (Lipinski definition) is 2. The Bertz CT molecular complexity index is 511. The molecule has 6 heteroatoms. The number of amides is 1. The van der Waals surface area contributed by atoms with Crippen molar-refractivity contribution < 1.29 is 18.0 Å². The lowest BCUT2D eigenvalue weighted by atomic mass is 9.89. The van der Waals surface area contributed by atoms with Crippen molar-refractivity contribution in [1.29, 1.82) is 0 Å². The lowest BCUT2D eigenvalue weighted by Gasteiger charge is -2.36. The van der Waals surface area contributed by atoms with Crippen LogP contribution in [0.3, 0.4) is 0 Å². The normalized spacial score (nSPS) is 22.6. The van der Waals surface area contributed by atoms with E-state index in [-0.39, 0.29) is 23.6 Å². The molecular formula is C16H21F3N2O. The molecule has 3 nitrogen and oxygen atoms in total. The highest BCUT2D eigenvalue weighted by atomic mass is 19.4. The van der Waals surface area contributed by atoms with Crippen LogP contribution in [-0.4, -0.2) is 37.0 Å². The zero-order chi connectivity index (χ0) is 16.3. The predicted molar refractivity (Wildman–Crippen MR) is 78.6 cm³/mol. The highest BCUT2D eigenvalue weighted by Crippen LogP contribution is 2.29. The fourth-order valence-electron chi connectivity index (χ4n) is 2.96. The summed E-state index contributed by atoms with van der Waals surface area (Å²) in [5.41, 5.74) is -0.482. The molecule has 2 unspecified atom stereocenters. The number of carbonyl (C=O) groups is 1. The van der Waals surface area contributed by atoms with E-state index in [1.54, 1.807) is 0 Å². The first-order chi connectivity index (χ1) is 10.3. The van der Waals surface area contributed by atoms with E-state index in [1.807, 2.05) is 14.1 Å². The first-order valence-electron chi connectivity index (χ1n) is 7.43. The molecular weight excluding hydrogens is 293 g/mol. The summed E-state index contributed by atoms with van der Waals surface area (Å²) < 4.78 is 37.6. The maximum atomic E-state index is 12.5. The summed E-state index contributed by atoms with van der Waals surface area (Å²) in [4.78, 5) is 14.3. The fraction of sp³-hybridized carbons (Fsp3) is 0.562. The first-order valence-corrected chi connectivity index (χ1v) is 7.43. The van der Waals surface area contributed by atoms with Crippen LogP contribution in [-0.2, 0) is 6.18 Å². The Balaban J connectivity index is 2.05. The van der Waals surface area contributed by atoms with Gasteiger partial charge in [-0.25, -0.2) is 0 Å². The second-order valence-electron chi connectivity index (χ2n) is 5.97. The second kappa shape index (κ2) is 6.69. The predicted octanol–water partition coefficient (Wildman–Crippen LogP) is 3.31. The average molecular weight is 314 g/mol. The van der Waals surface area contributed by atoms with Crippen molar-refractivity contribution in [3.63, 3.8) is 0 Å². The molecule has 1 saturated carbocycles. The first kappa shape index (κ1) is 16.8. The van der Waals surface area contributed by atoms with Crippen LogP contribution in [0.1, 0.15) is 41.6 Å². The number of carbonyl (C=O) groups excluding carboxylic acids is 1. The highest BCUT2D eigenvalue weighted by Gasteiger charge is 2.31. The van der Waals surface area contributed by atoms with Crippen molar-refractivity contribution >= 4 is 5.91 Å². The molecule has 1 aromatic carbocycles. The fourth-order valence-corrected chi connectivity index (χ4v) is 2.96. The zero-order valence-electron chi connectivity index (χ0n) is 12.8. The third-order valence-electron chi connectivity index (χ3n) is 4.18. The van der Waals surface area contributed by atoms with Gasteiger partial charge < -0.3 is 10.2 Å². The lowest BCUT2D eigenvalue weighted by molar-refractivity contribution is -0.137. The van der Waals surface area contributed by atoms with E-state index in [4.69, 9.17) is 0 Å². The number of likely N-dealkylation sites (N-methyl/N-ethyl adjacent to an activating group) is 1. The summed E-state index contributed by atoms with van der Waals surface area (Å²) >= 11 is 0. The van der Waals surface area contributed by atoms with Gasteiger partial charge in [-0.2, -0.15) is 13.2 Å². The van der Waals surface area contributed by atoms with E-state index in [1.165, 1.54) is 12.1 Å². The molecule has 2 atom stereocenters. The smallest absolute Gasteiger partial charge is 0.348 e. The van der Waals surface area contributed by atoms with Crippen LogP contribution in [0.5, 0.6) is 0 Å². The Morgan fingerprint density at radius 2 is 1.73 bits per heavy atom. The molecule has 0 heterocycles. The van der Waals surface area contributed by atoms with Crippen LogP contribution < -0.4 is 5.32 Å². The maximum absolute atomic E-state index is 12.5. The van der Waals surface area contributed by atoms with Crippen LogP contribution in [0, 0.1) is 0 Å². The van der Waals surface area contributed by atoms with E-state index < -0.39 is 11.7 Å². The Hall–Kier alpha value is -1.56. The van der Waals surface area contributed by atoms with E-state index in [2.05, 4.69) is 10.2 Å². The van der Waals surface area contributed by atoms with Gasteiger partial charge in [-0.1, -0.05) is 12.8 Å².